The fourth-order valence-electron chi connectivity index (χ4n) is 2.17. The average molecular weight is 272 g/mol. The van der Waals surface area contributed by atoms with Gasteiger partial charge in [0.1, 0.15) is 5.82 Å². The van der Waals surface area contributed by atoms with Crippen molar-refractivity contribution in [2.45, 2.75) is 49.7 Å². The van der Waals surface area contributed by atoms with E-state index < -0.39 is 10.0 Å². The van der Waals surface area contributed by atoms with Crippen LogP contribution in [0, 0.1) is 6.92 Å². The summed E-state index contributed by atoms with van der Waals surface area (Å²) in [5.74, 6) is 0.682. The third-order valence-corrected chi connectivity index (χ3v) is 4.85. The van der Waals surface area contributed by atoms with Crippen LogP contribution < -0.4 is 10.5 Å². The van der Waals surface area contributed by atoms with Gasteiger partial charge < -0.3 is 10.3 Å². The molecule has 18 heavy (non-hydrogen) atoms. The quantitative estimate of drug-likeness (QED) is 0.827. The summed E-state index contributed by atoms with van der Waals surface area (Å²) >= 11 is 0. The third-order valence-electron chi connectivity index (χ3n) is 3.46. The summed E-state index contributed by atoms with van der Waals surface area (Å²) in [5, 5.41) is 0.0948. The van der Waals surface area contributed by atoms with Crippen molar-refractivity contribution in [2.24, 2.45) is 12.8 Å². The highest BCUT2D eigenvalue weighted by Gasteiger charge is 2.26. The molecule has 0 atom stereocenters. The highest BCUT2D eigenvalue weighted by atomic mass is 32.2. The van der Waals surface area contributed by atoms with E-state index in [1.54, 1.807) is 18.5 Å². The van der Waals surface area contributed by atoms with Crippen LogP contribution >= 0.6 is 0 Å². The highest BCUT2D eigenvalue weighted by molar-refractivity contribution is 7.89. The number of aryl methyl sites for hydroxylation is 2. The second-order valence-electron chi connectivity index (χ2n) is 4.97. The maximum atomic E-state index is 12.1. The van der Waals surface area contributed by atoms with E-state index >= 15 is 0 Å². The van der Waals surface area contributed by atoms with Crippen molar-refractivity contribution in [1.82, 2.24) is 14.3 Å². The molecule has 2 rings (SSSR count). The van der Waals surface area contributed by atoms with Gasteiger partial charge in [-0.15, -0.1) is 0 Å². The van der Waals surface area contributed by atoms with Crippen molar-refractivity contribution in [3.05, 3.63) is 12.0 Å². The SMILES string of the molecule is Cc1nc(S(=O)(=O)NC2CCC(N)CC2)cn1C. The predicted octanol–water partition coefficient (Wildman–Crippen LogP) is 0.277. The molecule has 1 aliphatic rings. The Morgan fingerprint density at radius 2 is 2.00 bits per heavy atom. The molecule has 0 amide bonds. The van der Waals surface area contributed by atoms with Gasteiger partial charge in [-0.05, 0) is 32.6 Å². The van der Waals surface area contributed by atoms with Gasteiger partial charge in [0.2, 0.25) is 0 Å². The molecule has 1 saturated carbocycles. The zero-order chi connectivity index (χ0) is 13.3. The fourth-order valence-corrected chi connectivity index (χ4v) is 3.52. The van der Waals surface area contributed by atoms with Gasteiger partial charge in [0.25, 0.3) is 10.0 Å². The van der Waals surface area contributed by atoms with Gasteiger partial charge in [0, 0.05) is 25.3 Å². The minimum absolute atomic E-state index is 0.0166. The minimum atomic E-state index is -3.50. The summed E-state index contributed by atoms with van der Waals surface area (Å²) in [6.45, 7) is 1.78. The number of hydrogen-bond acceptors (Lipinski definition) is 4. The van der Waals surface area contributed by atoms with Gasteiger partial charge in [-0.25, -0.2) is 18.1 Å². The van der Waals surface area contributed by atoms with Crippen molar-refractivity contribution in [3.63, 3.8) is 0 Å². The molecule has 0 radical (unpaired) electrons. The Morgan fingerprint density at radius 1 is 1.39 bits per heavy atom. The molecule has 1 aromatic rings. The number of hydrogen-bond donors (Lipinski definition) is 2. The zero-order valence-corrected chi connectivity index (χ0v) is 11.6. The van der Waals surface area contributed by atoms with Gasteiger partial charge in [-0.1, -0.05) is 0 Å². The zero-order valence-electron chi connectivity index (χ0n) is 10.8. The lowest BCUT2D eigenvalue weighted by Crippen LogP contribution is -2.40. The summed E-state index contributed by atoms with van der Waals surface area (Å²) in [5.41, 5.74) is 5.80. The topological polar surface area (TPSA) is 90.0 Å². The maximum Gasteiger partial charge on any atom is 0.259 e. The molecule has 1 aromatic heterocycles. The van der Waals surface area contributed by atoms with Crippen molar-refractivity contribution in [3.8, 4) is 0 Å². The van der Waals surface area contributed by atoms with Gasteiger partial charge in [0.15, 0.2) is 5.03 Å². The summed E-state index contributed by atoms with van der Waals surface area (Å²) < 4.78 is 28.7. The number of nitrogens with one attached hydrogen (secondary N) is 1. The second-order valence-corrected chi connectivity index (χ2v) is 6.63. The lowest BCUT2D eigenvalue weighted by atomic mass is 9.93. The van der Waals surface area contributed by atoms with E-state index in [0.717, 1.165) is 25.7 Å². The molecule has 0 unspecified atom stereocenters. The summed E-state index contributed by atoms with van der Waals surface area (Å²) in [6.07, 6.45) is 4.87. The van der Waals surface area contributed by atoms with Crippen molar-refractivity contribution < 1.29 is 8.42 Å². The molecule has 1 aliphatic carbocycles. The first-order valence-corrected chi connectivity index (χ1v) is 7.64. The molecule has 0 spiro atoms. The third kappa shape index (κ3) is 2.90. The summed E-state index contributed by atoms with van der Waals surface area (Å²) in [4.78, 5) is 4.05. The highest BCUT2D eigenvalue weighted by Crippen LogP contribution is 2.19. The number of sulfonamides is 1. The lowest BCUT2D eigenvalue weighted by Gasteiger charge is -2.26. The molecule has 0 aliphatic heterocycles. The van der Waals surface area contributed by atoms with Crippen molar-refractivity contribution in [1.29, 1.82) is 0 Å². The minimum Gasteiger partial charge on any atom is -0.337 e. The molecule has 1 fully saturated rings. The van der Waals surface area contributed by atoms with Crippen LogP contribution in [0.3, 0.4) is 0 Å². The first-order chi connectivity index (χ1) is 8.38. The fraction of sp³-hybridized carbons (Fsp3) is 0.727. The monoisotopic (exact) mass is 272 g/mol. The number of aromatic nitrogens is 2. The Balaban J connectivity index is 2.08. The van der Waals surface area contributed by atoms with Crippen LogP contribution in [0.15, 0.2) is 11.2 Å². The number of imidazole rings is 1. The number of nitrogens with two attached hydrogens (primary N) is 1. The summed E-state index contributed by atoms with van der Waals surface area (Å²) in [6, 6.07) is 0.194. The van der Waals surface area contributed by atoms with Gasteiger partial charge in [-0.2, -0.15) is 0 Å². The van der Waals surface area contributed by atoms with E-state index in [4.69, 9.17) is 5.73 Å². The molecule has 0 aromatic carbocycles. The van der Waals surface area contributed by atoms with Crippen LogP contribution in [-0.4, -0.2) is 30.1 Å². The number of rotatable bonds is 3. The van der Waals surface area contributed by atoms with Crippen LogP contribution in [-0.2, 0) is 17.1 Å². The Kier molecular flexibility index (Phi) is 3.74. The van der Waals surface area contributed by atoms with E-state index in [1.807, 2.05) is 0 Å². The maximum absolute atomic E-state index is 12.1. The predicted molar refractivity (Wildman–Crippen MR) is 68.5 cm³/mol. The van der Waals surface area contributed by atoms with Gasteiger partial charge in [-0.3, -0.25) is 0 Å². The van der Waals surface area contributed by atoms with E-state index in [9.17, 15) is 8.42 Å². The molecule has 7 heteroatoms. The Bertz CT molecular complexity index is 496. The molecule has 3 N–H and O–H groups in total. The number of nitrogens with zero attached hydrogens (tertiary/aromatic N) is 2. The molecular formula is C11H20N4O2S. The van der Waals surface area contributed by atoms with E-state index in [-0.39, 0.29) is 17.1 Å². The van der Waals surface area contributed by atoms with E-state index in [0.29, 0.717) is 5.82 Å². The lowest BCUT2D eigenvalue weighted by molar-refractivity contribution is 0.373. The normalized spacial score (nSPS) is 25.3. The van der Waals surface area contributed by atoms with Crippen LogP contribution in [0.1, 0.15) is 31.5 Å². The Hall–Kier alpha value is -0.920. The Morgan fingerprint density at radius 3 is 2.50 bits per heavy atom. The molecule has 102 valence electrons. The van der Waals surface area contributed by atoms with Crippen molar-refractivity contribution >= 4 is 10.0 Å². The smallest absolute Gasteiger partial charge is 0.259 e. The summed E-state index contributed by atoms with van der Waals surface area (Å²) in [7, 11) is -1.72. The first-order valence-electron chi connectivity index (χ1n) is 6.16. The van der Waals surface area contributed by atoms with E-state index in [1.165, 1.54) is 6.20 Å². The van der Waals surface area contributed by atoms with Gasteiger partial charge >= 0.3 is 0 Å². The largest absolute Gasteiger partial charge is 0.337 e. The molecule has 6 nitrogen and oxygen atoms in total. The molecular weight excluding hydrogens is 252 g/mol. The van der Waals surface area contributed by atoms with Crippen LogP contribution in [0.4, 0.5) is 0 Å². The standard InChI is InChI=1S/C11H20N4O2S/c1-8-13-11(7-15(8)2)18(16,17)14-10-5-3-9(12)4-6-10/h7,9-10,14H,3-6,12H2,1-2H3. The van der Waals surface area contributed by atoms with Crippen LogP contribution in [0.25, 0.3) is 0 Å². The van der Waals surface area contributed by atoms with E-state index in [2.05, 4.69) is 9.71 Å². The van der Waals surface area contributed by atoms with Gasteiger partial charge in [0.05, 0.1) is 0 Å². The molecule has 0 saturated heterocycles. The Labute approximate surface area is 108 Å². The molecule has 0 bridgehead atoms. The molecule has 1 heterocycles. The van der Waals surface area contributed by atoms with Crippen molar-refractivity contribution in [2.75, 3.05) is 0 Å². The second kappa shape index (κ2) is 4.99. The van der Waals surface area contributed by atoms with Crippen LogP contribution in [0.5, 0.6) is 0 Å². The van der Waals surface area contributed by atoms with Crippen LogP contribution in [0.2, 0.25) is 0 Å². The average Bonchev–Trinajstić information content (AvgIpc) is 2.63. The first kappa shape index (κ1) is 13.5.